The molecule has 2 rings (SSSR count). The number of nitrogens with one attached hydrogen (secondary N) is 2. The number of phenols is 1. The number of hydrogen-bond acceptors (Lipinski definition) is 4. The van der Waals surface area contributed by atoms with Gasteiger partial charge in [-0.05, 0) is 40.8 Å². The van der Waals surface area contributed by atoms with Crippen LogP contribution in [0, 0.1) is 3.57 Å². The average molecular weight is 358 g/mol. The van der Waals surface area contributed by atoms with Crippen molar-refractivity contribution in [2.75, 3.05) is 5.73 Å². The maximum absolute atomic E-state index is 11.8. The van der Waals surface area contributed by atoms with Gasteiger partial charge < -0.3 is 16.2 Å². The minimum atomic E-state index is -0.276. The molecular formula is C11H11IN4O2. The van der Waals surface area contributed by atoms with E-state index in [0.29, 0.717) is 15.0 Å². The molecule has 1 aromatic carbocycles. The highest BCUT2D eigenvalue weighted by Gasteiger charge is 2.09. The van der Waals surface area contributed by atoms with Crippen LogP contribution in [-0.4, -0.2) is 21.2 Å². The lowest BCUT2D eigenvalue weighted by Gasteiger charge is -2.05. The van der Waals surface area contributed by atoms with Gasteiger partial charge >= 0.3 is 0 Å². The zero-order valence-corrected chi connectivity index (χ0v) is 11.4. The summed E-state index contributed by atoms with van der Waals surface area (Å²) in [5, 5.41) is 18.6. The molecular weight excluding hydrogens is 347 g/mol. The predicted molar refractivity (Wildman–Crippen MR) is 75.0 cm³/mol. The minimum absolute atomic E-state index is 0.0890. The van der Waals surface area contributed by atoms with E-state index in [4.69, 9.17) is 5.73 Å². The van der Waals surface area contributed by atoms with Gasteiger partial charge in [0.15, 0.2) is 0 Å². The fraction of sp³-hybridized carbons (Fsp3) is 0.0909. The molecule has 6 nitrogen and oxygen atoms in total. The second-order valence-electron chi connectivity index (χ2n) is 3.66. The molecule has 1 amide bonds. The van der Waals surface area contributed by atoms with E-state index in [1.807, 2.05) is 22.6 Å². The third-order valence-electron chi connectivity index (χ3n) is 2.40. The molecule has 0 aliphatic heterocycles. The molecule has 0 bridgehead atoms. The largest absolute Gasteiger partial charge is 0.507 e. The molecule has 0 saturated carbocycles. The molecule has 0 aliphatic carbocycles. The highest BCUT2D eigenvalue weighted by atomic mass is 127. The molecule has 94 valence electrons. The van der Waals surface area contributed by atoms with Crippen LogP contribution in [0.1, 0.15) is 15.9 Å². The van der Waals surface area contributed by atoms with Crippen molar-refractivity contribution in [3.8, 4) is 5.75 Å². The van der Waals surface area contributed by atoms with Gasteiger partial charge in [0.25, 0.3) is 5.91 Å². The Morgan fingerprint density at radius 2 is 2.33 bits per heavy atom. The van der Waals surface area contributed by atoms with Crippen molar-refractivity contribution >= 4 is 34.3 Å². The quantitative estimate of drug-likeness (QED) is 0.620. The summed E-state index contributed by atoms with van der Waals surface area (Å²) in [4.78, 5) is 11.8. The number of nitrogens with zero attached hydrogens (tertiary/aromatic N) is 1. The van der Waals surface area contributed by atoms with E-state index in [-0.39, 0.29) is 18.2 Å². The number of carbonyl (C=O) groups excluding carboxylic acids is 1. The predicted octanol–water partition coefficient (Wildman–Crippen LogP) is 1.23. The molecule has 0 saturated heterocycles. The highest BCUT2D eigenvalue weighted by Crippen LogP contribution is 2.20. The van der Waals surface area contributed by atoms with Crippen LogP contribution in [0.2, 0.25) is 0 Å². The smallest absolute Gasteiger partial charge is 0.251 e. The van der Waals surface area contributed by atoms with Gasteiger partial charge in [-0.2, -0.15) is 5.10 Å². The Morgan fingerprint density at radius 3 is 2.94 bits per heavy atom. The van der Waals surface area contributed by atoms with Crippen LogP contribution in [0.3, 0.4) is 0 Å². The van der Waals surface area contributed by atoms with Crippen molar-refractivity contribution < 1.29 is 9.90 Å². The molecule has 0 fully saturated rings. The number of carbonyl (C=O) groups is 1. The van der Waals surface area contributed by atoms with Crippen molar-refractivity contribution in [1.82, 2.24) is 15.5 Å². The second kappa shape index (κ2) is 5.25. The third-order valence-corrected chi connectivity index (χ3v) is 3.31. The summed E-state index contributed by atoms with van der Waals surface area (Å²) in [6, 6.07) is 4.75. The first-order valence-corrected chi connectivity index (χ1v) is 6.20. The Balaban J connectivity index is 2.04. The lowest BCUT2D eigenvalue weighted by Crippen LogP contribution is -2.23. The van der Waals surface area contributed by atoms with Crippen molar-refractivity contribution in [2.45, 2.75) is 6.54 Å². The number of phenolic OH excluding ortho intramolecular Hbond substituents is 1. The molecule has 0 spiro atoms. The molecule has 0 unspecified atom stereocenters. The number of halogens is 1. The van der Waals surface area contributed by atoms with E-state index in [1.54, 1.807) is 18.3 Å². The number of anilines is 1. The van der Waals surface area contributed by atoms with Gasteiger partial charge in [0.1, 0.15) is 11.6 Å². The zero-order chi connectivity index (χ0) is 13.1. The van der Waals surface area contributed by atoms with Crippen LogP contribution in [0.4, 0.5) is 5.82 Å². The maximum Gasteiger partial charge on any atom is 0.251 e. The van der Waals surface area contributed by atoms with Crippen LogP contribution >= 0.6 is 22.6 Å². The standard InChI is InChI=1S/C11H11IN4O2/c12-8-2-1-6(3-9(8)17)11(18)14-4-7-5-15-16-10(7)13/h1-3,5,17H,4H2,(H,14,18)(H3,13,15,16). The number of H-pyrrole nitrogens is 1. The Bertz CT molecular complexity index is 582. The first-order chi connectivity index (χ1) is 8.58. The maximum atomic E-state index is 11.8. The summed E-state index contributed by atoms with van der Waals surface area (Å²) in [6.45, 7) is 0.286. The number of nitrogen functional groups attached to an aromatic ring is 1. The molecule has 0 atom stereocenters. The van der Waals surface area contributed by atoms with Gasteiger partial charge in [0.2, 0.25) is 0 Å². The number of aromatic nitrogens is 2. The van der Waals surface area contributed by atoms with E-state index in [0.717, 1.165) is 5.56 Å². The molecule has 0 radical (unpaired) electrons. The van der Waals surface area contributed by atoms with E-state index >= 15 is 0 Å². The Labute approximate surface area is 117 Å². The molecule has 1 heterocycles. The van der Waals surface area contributed by atoms with Gasteiger partial charge in [-0.25, -0.2) is 0 Å². The molecule has 18 heavy (non-hydrogen) atoms. The summed E-state index contributed by atoms with van der Waals surface area (Å²) in [5.41, 5.74) is 6.72. The summed E-state index contributed by atoms with van der Waals surface area (Å²) >= 11 is 1.99. The first-order valence-electron chi connectivity index (χ1n) is 5.12. The second-order valence-corrected chi connectivity index (χ2v) is 4.82. The Morgan fingerprint density at radius 1 is 1.56 bits per heavy atom. The van der Waals surface area contributed by atoms with Crippen LogP contribution in [-0.2, 0) is 6.54 Å². The summed E-state index contributed by atoms with van der Waals surface area (Å²) in [7, 11) is 0. The van der Waals surface area contributed by atoms with Crippen molar-refractivity contribution in [3.05, 3.63) is 39.1 Å². The fourth-order valence-electron chi connectivity index (χ4n) is 1.39. The van der Waals surface area contributed by atoms with Gasteiger partial charge in [0.05, 0.1) is 9.77 Å². The van der Waals surface area contributed by atoms with Crippen molar-refractivity contribution in [3.63, 3.8) is 0 Å². The molecule has 0 aliphatic rings. The van der Waals surface area contributed by atoms with Crippen LogP contribution in [0.25, 0.3) is 0 Å². The SMILES string of the molecule is Nc1[nH]ncc1CNC(=O)c1ccc(I)c(O)c1. The first kappa shape index (κ1) is 12.7. The number of benzene rings is 1. The van der Waals surface area contributed by atoms with Gasteiger partial charge in [-0.1, -0.05) is 0 Å². The number of amides is 1. The van der Waals surface area contributed by atoms with Gasteiger partial charge in [-0.15, -0.1) is 0 Å². The molecule has 5 N–H and O–H groups in total. The molecule has 1 aromatic heterocycles. The lowest BCUT2D eigenvalue weighted by atomic mass is 10.2. The van der Waals surface area contributed by atoms with Crippen molar-refractivity contribution in [2.24, 2.45) is 0 Å². The van der Waals surface area contributed by atoms with Crippen LogP contribution in [0.5, 0.6) is 5.75 Å². The van der Waals surface area contributed by atoms with E-state index in [1.165, 1.54) is 6.07 Å². The highest BCUT2D eigenvalue weighted by molar-refractivity contribution is 14.1. The lowest BCUT2D eigenvalue weighted by molar-refractivity contribution is 0.0950. The normalized spacial score (nSPS) is 10.3. The number of aromatic hydroxyl groups is 1. The third kappa shape index (κ3) is 2.73. The number of nitrogens with two attached hydrogens (primary N) is 1. The average Bonchev–Trinajstić information content (AvgIpc) is 2.75. The van der Waals surface area contributed by atoms with Gasteiger partial charge in [0, 0.05) is 17.7 Å². The Kier molecular flexibility index (Phi) is 3.70. The summed E-state index contributed by atoms with van der Waals surface area (Å²) in [5.74, 6) is 0.245. The van der Waals surface area contributed by atoms with Crippen LogP contribution in [0.15, 0.2) is 24.4 Å². The number of aromatic amines is 1. The van der Waals surface area contributed by atoms with E-state index in [9.17, 15) is 9.90 Å². The van der Waals surface area contributed by atoms with Gasteiger partial charge in [-0.3, -0.25) is 9.89 Å². The fourth-order valence-corrected chi connectivity index (χ4v) is 1.73. The Hall–Kier alpha value is -1.77. The van der Waals surface area contributed by atoms with Crippen LogP contribution < -0.4 is 11.1 Å². The molecule has 7 heteroatoms. The number of hydrogen-bond donors (Lipinski definition) is 4. The van der Waals surface area contributed by atoms with Crippen molar-refractivity contribution in [1.29, 1.82) is 0 Å². The number of rotatable bonds is 3. The topological polar surface area (TPSA) is 104 Å². The minimum Gasteiger partial charge on any atom is -0.507 e. The summed E-state index contributed by atoms with van der Waals surface area (Å²) in [6.07, 6.45) is 1.56. The summed E-state index contributed by atoms with van der Waals surface area (Å²) < 4.78 is 0.697. The monoisotopic (exact) mass is 358 g/mol. The van der Waals surface area contributed by atoms with E-state index in [2.05, 4.69) is 15.5 Å². The zero-order valence-electron chi connectivity index (χ0n) is 9.27. The van der Waals surface area contributed by atoms with E-state index < -0.39 is 0 Å². The molecule has 2 aromatic rings.